The van der Waals surface area contributed by atoms with Crippen molar-refractivity contribution in [3.8, 4) is 6.07 Å². The first kappa shape index (κ1) is 24.2. The van der Waals surface area contributed by atoms with Crippen LogP contribution in [0, 0.1) is 18.3 Å². The highest BCUT2D eigenvalue weighted by Gasteiger charge is 2.33. The fourth-order valence-corrected chi connectivity index (χ4v) is 5.88. The minimum absolute atomic E-state index is 0.123. The minimum Gasteiger partial charge on any atom is -0.357 e. The lowest BCUT2D eigenvalue weighted by Crippen LogP contribution is -2.37. The molecule has 4 rings (SSSR count). The Balaban J connectivity index is 1.74. The van der Waals surface area contributed by atoms with Gasteiger partial charge in [0.05, 0.1) is 4.91 Å². The Morgan fingerprint density at radius 3 is 2.50 bits per heavy atom. The molecule has 0 unspecified atom stereocenters. The van der Waals surface area contributed by atoms with E-state index in [0.717, 1.165) is 55.7 Å². The molecule has 2 saturated heterocycles. The maximum Gasteiger partial charge on any atom is 0.270 e. The van der Waals surface area contributed by atoms with Crippen LogP contribution in [0.5, 0.6) is 0 Å². The molecule has 3 heterocycles. The van der Waals surface area contributed by atoms with E-state index >= 15 is 0 Å². The molecule has 2 aliphatic heterocycles. The number of nitrogens with zero attached hydrogens (tertiary/aromatic N) is 4. The summed E-state index contributed by atoms with van der Waals surface area (Å²) in [5.74, 6) is 0.681. The topological polar surface area (TPSA) is 69.3 Å². The van der Waals surface area contributed by atoms with E-state index in [4.69, 9.17) is 12.2 Å². The first-order valence-electron chi connectivity index (χ1n) is 11.7. The highest BCUT2D eigenvalue weighted by atomic mass is 32.2. The van der Waals surface area contributed by atoms with Crippen LogP contribution < -0.4 is 10.5 Å². The number of thioether (sulfide) groups is 1. The molecule has 0 radical (unpaired) electrons. The van der Waals surface area contributed by atoms with Crippen LogP contribution in [0.4, 0.5) is 5.82 Å². The van der Waals surface area contributed by atoms with Crippen molar-refractivity contribution in [2.24, 2.45) is 0 Å². The zero-order valence-corrected chi connectivity index (χ0v) is 21.2. The molecule has 0 saturated carbocycles. The highest BCUT2D eigenvalue weighted by molar-refractivity contribution is 8.26. The maximum absolute atomic E-state index is 13.3. The zero-order chi connectivity index (χ0) is 24.2. The van der Waals surface area contributed by atoms with E-state index in [1.54, 1.807) is 16.4 Å². The summed E-state index contributed by atoms with van der Waals surface area (Å²) in [6.07, 6.45) is 5.83. The molecule has 34 heavy (non-hydrogen) atoms. The lowest BCUT2D eigenvalue weighted by atomic mass is 10.0. The van der Waals surface area contributed by atoms with Gasteiger partial charge in [0.2, 0.25) is 0 Å². The summed E-state index contributed by atoms with van der Waals surface area (Å²) in [4.78, 5) is 30.8. The molecule has 0 atom stereocenters. The van der Waals surface area contributed by atoms with E-state index < -0.39 is 0 Å². The molecular weight excluding hydrogens is 464 g/mol. The number of nitriles is 1. The molecule has 2 aromatic rings. The van der Waals surface area contributed by atoms with Crippen LogP contribution in [0.3, 0.4) is 0 Å². The molecule has 0 aliphatic carbocycles. The third-order valence-corrected chi connectivity index (χ3v) is 7.81. The summed E-state index contributed by atoms with van der Waals surface area (Å²) in [6.45, 7) is 6.39. The van der Waals surface area contributed by atoms with E-state index in [-0.39, 0.29) is 17.0 Å². The van der Waals surface area contributed by atoms with Gasteiger partial charge in [-0.2, -0.15) is 5.26 Å². The van der Waals surface area contributed by atoms with Gasteiger partial charge in [0.1, 0.15) is 21.8 Å². The van der Waals surface area contributed by atoms with Gasteiger partial charge in [0.25, 0.3) is 11.5 Å². The summed E-state index contributed by atoms with van der Waals surface area (Å²) in [5, 5.41) is 9.72. The van der Waals surface area contributed by atoms with Gasteiger partial charge in [0.15, 0.2) is 0 Å². The van der Waals surface area contributed by atoms with E-state index in [1.165, 1.54) is 11.8 Å². The van der Waals surface area contributed by atoms with Crippen LogP contribution in [0.1, 0.15) is 48.4 Å². The quantitative estimate of drug-likeness (QED) is 0.437. The maximum atomic E-state index is 13.3. The second-order valence-electron chi connectivity index (χ2n) is 8.52. The number of piperidine rings is 1. The van der Waals surface area contributed by atoms with Crippen molar-refractivity contribution in [1.82, 2.24) is 9.47 Å². The normalized spacial score (nSPS) is 17.5. The van der Waals surface area contributed by atoms with Gasteiger partial charge in [-0.1, -0.05) is 54.3 Å². The van der Waals surface area contributed by atoms with E-state index in [0.29, 0.717) is 27.9 Å². The molecule has 1 aromatic heterocycles. The van der Waals surface area contributed by atoms with Crippen molar-refractivity contribution in [2.45, 2.75) is 46.1 Å². The third-order valence-electron chi connectivity index (χ3n) is 6.43. The van der Waals surface area contributed by atoms with Crippen molar-refractivity contribution >= 4 is 46.1 Å². The Bertz CT molecular complexity index is 1240. The minimum atomic E-state index is -0.268. The van der Waals surface area contributed by atoms with Gasteiger partial charge < -0.3 is 4.90 Å². The smallest absolute Gasteiger partial charge is 0.270 e. The van der Waals surface area contributed by atoms with Crippen molar-refractivity contribution in [2.75, 3.05) is 24.5 Å². The van der Waals surface area contributed by atoms with Crippen LogP contribution in [0.2, 0.25) is 0 Å². The average Bonchev–Trinajstić information content (AvgIpc) is 3.12. The van der Waals surface area contributed by atoms with Crippen LogP contribution in [-0.4, -0.2) is 39.3 Å². The van der Waals surface area contributed by atoms with E-state index in [1.807, 2.05) is 43.3 Å². The number of hydrogen-bond donors (Lipinski definition) is 0. The largest absolute Gasteiger partial charge is 0.357 e. The van der Waals surface area contributed by atoms with Crippen molar-refractivity contribution in [1.29, 1.82) is 5.26 Å². The first-order chi connectivity index (χ1) is 16.5. The molecule has 1 amide bonds. The van der Waals surface area contributed by atoms with E-state index in [9.17, 15) is 14.9 Å². The van der Waals surface area contributed by atoms with Crippen LogP contribution in [0.25, 0.3) is 6.08 Å². The lowest BCUT2D eigenvalue weighted by molar-refractivity contribution is -0.122. The van der Waals surface area contributed by atoms with Crippen LogP contribution in [0.15, 0.2) is 40.0 Å². The molecule has 0 N–H and O–H groups in total. The lowest BCUT2D eigenvalue weighted by Gasteiger charge is -2.33. The van der Waals surface area contributed by atoms with Crippen LogP contribution >= 0.6 is 24.0 Å². The average molecular weight is 493 g/mol. The Labute approximate surface area is 209 Å². The summed E-state index contributed by atoms with van der Waals surface area (Å²) in [5.41, 5.74) is 2.40. The van der Waals surface area contributed by atoms with Gasteiger partial charge in [-0.3, -0.25) is 19.1 Å². The van der Waals surface area contributed by atoms with Gasteiger partial charge in [-0.25, -0.2) is 0 Å². The number of hydrogen-bond acceptors (Lipinski definition) is 6. The zero-order valence-electron chi connectivity index (χ0n) is 19.5. The fourth-order valence-electron chi connectivity index (χ4n) is 4.59. The summed E-state index contributed by atoms with van der Waals surface area (Å²) >= 11 is 6.83. The highest BCUT2D eigenvalue weighted by Crippen LogP contribution is 2.36. The summed E-state index contributed by atoms with van der Waals surface area (Å²) in [6, 6.07) is 12.1. The van der Waals surface area contributed by atoms with Gasteiger partial charge in [-0.05, 0) is 56.7 Å². The number of carbonyl (C=O) groups is 1. The number of carbonyl (C=O) groups excluding carboxylic acids is 1. The number of rotatable bonds is 6. The fraction of sp³-hybridized carbons (Fsp3) is 0.385. The van der Waals surface area contributed by atoms with Gasteiger partial charge in [0, 0.05) is 31.7 Å². The predicted molar refractivity (Wildman–Crippen MR) is 142 cm³/mol. The second kappa shape index (κ2) is 10.6. The number of thiocarbonyl (C=S) groups is 1. The first-order valence-corrected chi connectivity index (χ1v) is 12.9. The number of anilines is 1. The van der Waals surface area contributed by atoms with Crippen molar-refractivity contribution < 1.29 is 4.79 Å². The molecule has 2 fully saturated rings. The second-order valence-corrected chi connectivity index (χ2v) is 10.2. The predicted octanol–water partition coefficient (Wildman–Crippen LogP) is 4.48. The Hall–Kier alpha value is -2.89. The molecule has 0 bridgehead atoms. The van der Waals surface area contributed by atoms with Crippen LogP contribution in [-0.2, 0) is 17.8 Å². The van der Waals surface area contributed by atoms with Gasteiger partial charge >= 0.3 is 0 Å². The number of benzene rings is 1. The summed E-state index contributed by atoms with van der Waals surface area (Å²) < 4.78 is 2.22. The monoisotopic (exact) mass is 492 g/mol. The number of amides is 1. The molecule has 1 aromatic carbocycles. The SMILES string of the molecule is CCn1c(N2CCCCC2)c(/C=C2\SC(=S)N(CCc3ccccc3)C2=O)c(C)c(C#N)c1=O. The molecule has 176 valence electrons. The van der Waals surface area contributed by atoms with Crippen molar-refractivity contribution in [3.63, 3.8) is 0 Å². The van der Waals surface area contributed by atoms with Crippen molar-refractivity contribution in [3.05, 3.63) is 67.8 Å². The summed E-state index contributed by atoms with van der Waals surface area (Å²) in [7, 11) is 0. The molecular formula is C26H28N4O2S2. The Kier molecular flexibility index (Phi) is 7.54. The standard InChI is InChI=1S/C26H28N4O2S2/c1-3-29-23(28-13-8-5-9-14-28)20(18(2)21(17-27)24(29)31)16-22-25(32)30(26(33)34-22)15-12-19-10-6-4-7-11-19/h4,6-7,10-11,16H,3,5,8-9,12-15H2,1-2H3/b22-16-. The Morgan fingerprint density at radius 2 is 1.85 bits per heavy atom. The van der Waals surface area contributed by atoms with Gasteiger partial charge in [-0.15, -0.1) is 0 Å². The number of pyridine rings is 1. The number of aromatic nitrogens is 1. The molecule has 8 heteroatoms. The van der Waals surface area contributed by atoms with E-state index in [2.05, 4.69) is 11.0 Å². The molecule has 2 aliphatic rings. The third kappa shape index (κ3) is 4.68. The molecule has 6 nitrogen and oxygen atoms in total. The Morgan fingerprint density at radius 1 is 1.15 bits per heavy atom. The molecule has 0 spiro atoms.